The van der Waals surface area contributed by atoms with E-state index in [1.54, 1.807) is 19.1 Å². The number of ether oxygens (including phenoxy) is 1. The van der Waals surface area contributed by atoms with Gasteiger partial charge in [0.05, 0.1) is 12.2 Å². The largest absolute Gasteiger partial charge is 0.462 e. The summed E-state index contributed by atoms with van der Waals surface area (Å²) >= 11 is 9.46. The predicted octanol–water partition coefficient (Wildman–Crippen LogP) is 3.84. The number of hydrogen-bond donors (Lipinski definition) is 0. The first-order chi connectivity index (χ1) is 7.69. The number of carbonyl (C=O) groups is 1. The fourth-order valence-corrected chi connectivity index (χ4v) is 1.90. The van der Waals surface area contributed by atoms with Crippen molar-refractivity contribution in [1.82, 2.24) is 0 Å². The monoisotopic (exact) mass is 304 g/mol. The van der Waals surface area contributed by atoms with E-state index in [9.17, 15) is 4.79 Å². The van der Waals surface area contributed by atoms with Gasteiger partial charge in [-0.1, -0.05) is 33.6 Å². The fraction of sp³-hybridized carbons (Fsp3) is 0.417. The van der Waals surface area contributed by atoms with E-state index >= 15 is 0 Å². The van der Waals surface area contributed by atoms with Crippen molar-refractivity contribution in [1.29, 1.82) is 0 Å². The van der Waals surface area contributed by atoms with Crippen LogP contribution in [0.15, 0.2) is 18.2 Å². The quantitative estimate of drug-likeness (QED) is 0.610. The zero-order valence-corrected chi connectivity index (χ0v) is 11.5. The second kappa shape index (κ2) is 6.92. The van der Waals surface area contributed by atoms with Crippen LogP contribution < -0.4 is 0 Å². The third-order valence-electron chi connectivity index (χ3n) is 2.14. The molecule has 0 aliphatic carbocycles. The summed E-state index contributed by atoms with van der Waals surface area (Å²) in [6.45, 7) is 2.16. The lowest BCUT2D eigenvalue weighted by Crippen LogP contribution is -2.04. The summed E-state index contributed by atoms with van der Waals surface area (Å²) in [5.74, 6) is -0.323. The summed E-state index contributed by atoms with van der Waals surface area (Å²) in [6, 6.07) is 5.31. The zero-order valence-electron chi connectivity index (χ0n) is 9.13. The van der Waals surface area contributed by atoms with Gasteiger partial charge in [-0.05, 0) is 37.5 Å². The molecular weight excluding hydrogens is 291 g/mol. The van der Waals surface area contributed by atoms with Gasteiger partial charge in [-0.25, -0.2) is 4.79 Å². The molecule has 0 aromatic heterocycles. The molecule has 0 atom stereocenters. The van der Waals surface area contributed by atoms with Crippen LogP contribution in [0.25, 0.3) is 0 Å². The van der Waals surface area contributed by atoms with Gasteiger partial charge in [0.2, 0.25) is 0 Å². The van der Waals surface area contributed by atoms with Crippen molar-refractivity contribution in [3.05, 3.63) is 34.3 Å². The van der Waals surface area contributed by atoms with Crippen molar-refractivity contribution in [3.63, 3.8) is 0 Å². The second-order valence-corrected chi connectivity index (χ2v) is 4.52. The summed E-state index contributed by atoms with van der Waals surface area (Å²) in [5.41, 5.74) is 1.57. The van der Waals surface area contributed by atoms with Gasteiger partial charge in [0.25, 0.3) is 0 Å². The minimum atomic E-state index is -0.323. The molecule has 0 N–H and O–H groups in total. The van der Waals surface area contributed by atoms with Crippen molar-refractivity contribution in [2.45, 2.75) is 19.8 Å². The Bertz CT molecular complexity index is 366. The van der Waals surface area contributed by atoms with E-state index in [4.69, 9.17) is 16.3 Å². The first-order valence-electron chi connectivity index (χ1n) is 5.20. The number of carbonyl (C=O) groups excluding carboxylic acids is 1. The molecule has 88 valence electrons. The Morgan fingerprint density at radius 1 is 1.50 bits per heavy atom. The highest BCUT2D eigenvalue weighted by Crippen LogP contribution is 2.20. The van der Waals surface area contributed by atoms with Crippen LogP contribution in [0.2, 0.25) is 5.02 Å². The van der Waals surface area contributed by atoms with Crippen LogP contribution in [0.1, 0.15) is 29.3 Å². The lowest BCUT2D eigenvalue weighted by Gasteiger charge is -2.06. The Balaban J connectivity index is 2.78. The number of aryl methyl sites for hydroxylation is 1. The third-order valence-corrected chi connectivity index (χ3v) is 3.06. The van der Waals surface area contributed by atoms with Gasteiger partial charge in [-0.15, -0.1) is 0 Å². The molecule has 4 heteroatoms. The second-order valence-electron chi connectivity index (χ2n) is 3.32. The van der Waals surface area contributed by atoms with Crippen LogP contribution in [-0.2, 0) is 11.2 Å². The number of esters is 1. The average molecular weight is 306 g/mol. The highest BCUT2D eigenvalue weighted by atomic mass is 79.9. The molecule has 0 unspecified atom stereocenters. The van der Waals surface area contributed by atoms with Gasteiger partial charge in [0.1, 0.15) is 0 Å². The average Bonchev–Trinajstić information content (AvgIpc) is 2.27. The van der Waals surface area contributed by atoms with Gasteiger partial charge >= 0.3 is 5.97 Å². The molecule has 0 saturated carbocycles. The topological polar surface area (TPSA) is 26.3 Å². The van der Waals surface area contributed by atoms with Gasteiger partial charge in [0, 0.05) is 10.4 Å². The molecule has 0 heterocycles. The van der Waals surface area contributed by atoms with Crippen LogP contribution >= 0.6 is 27.5 Å². The molecule has 0 aliphatic heterocycles. The molecule has 0 aliphatic rings. The van der Waals surface area contributed by atoms with E-state index in [2.05, 4.69) is 15.9 Å². The van der Waals surface area contributed by atoms with Crippen LogP contribution in [0, 0.1) is 0 Å². The highest BCUT2D eigenvalue weighted by Gasteiger charge is 2.08. The summed E-state index contributed by atoms with van der Waals surface area (Å²) in [4.78, 5) is 11.4. The lowest BCUT2D eigenvalue weighted by molar-refractivity contribution is 0.0526. The SMILES string of the molecule is CCOC(=O)c1ccc(CCCBr)c(Cl)c1. The minimum Gasteiger partial charge on any atom is -0.462 e. The molecule has 2 nitrogen and oxygen atoms in total. The van der Waals surface area contributed by atoms with E-state index in [0.29, 0.717) is 17.2 Å². The van der Waals surface area contributed by atoms with E-state index < -0.39 is 0 Å². The first kappa shape index (κ1) is 13.5. The van der Waals surface area contributed by atoms with Crippen LogP contribution in [0.5, 0.6) is 0 Å². The Labute approximate surface area is 109 Å². The number of hydrogen-bond acceptors (Lipinski definition) is 2. The molecule has 1 aromatic rings. The summed E-state index contributed by atoms with van der Waals surface area (Å²) < 4.78 is 4.90. The minimum absolute atomic E-state index is 0.323. The van der Waals surface area contributed by atoms with E-state index in [1.807, 2.05) is 6.07 Å². The molecule has 0 amide bonds. The van der Waals surface area contributed by atoms with Crippen molar-refractivity contribution in [2.75, 3.05) is 11.9 Å². The Morgan fingerprint density at radius 2 is 2.25 bits per heavy atom. The maximum absolute atomic E-state index is 11.4. The number of alkyl halides is 1. The van der Waals surface area contributed by atoms with E-state index in [-0.39, 0.29) is 5.97 Å². The zero-order chi connectivity index (χ0) is 12.0. The maximum atomic E-state index is 11.4. The fourth-order valence-electron chi connectivity index (χ4n) is 1.35. The van der Waals surface area contributed by atoms with Crippen LogP contribution in [0.4, 0.5) is 0 Å². The molecule has 16 heavy (non-hydrogen) atoms. The predicted molar refractivity (Wildman–Crippen MR) is 69.5 cm³/mol. The number of rotatable bonds is 5. The maximum Gasteiger partial charge on any atom is 0.338 e. The molecular formula is C12H14BrClO2. The Morgan fingerprint density at radius 3 is 2.81 bits per heavy atom. The van der Waals surface area contributed by atoms with Crippen molar-refractivity contribution in [3.8, 4) is 0 Å². The van der Waals surface area contributed by atoms with Crippen molar-refractivity contribution >= 4 is 33.5 Å². The number of halogens is 2. The molecule has 1 rings (SSSR count). The molecule has 0 radical (unpaired) electrons. The summed E-state index contributed by atoms with van der Waals surface area (Å²) in [7, 11) is 0. The van der Waals surface area contributed by atoms with Gasteiger partial charge in [-0.2, -0.15) is 0 Å². The lowest BCUT2D eigenvalue weighted by atomic mass is 10.1. The van der Waals surface area contributed by atoms with Crippen molar-refractivity contribution in [2.24, 2.45) is 0 Å². The summed E-state index contributed by atoms with van der Waals surface area (Å²) in [5, 5.41) is 1.58. The molecule has 0 saturated heterocycles. The molecule has 0 fully saturated rings. The number of benzene rings is 1. The van der Waals surface area contributed by atoms with Crippen molar-refractivity contribution < 1.29 is 9.53 Å². The normalized spacial score (nSPS) is 10.2. The molecule has 1 aromatic carbocycles. The van der Waals surface area contributed by atoms with E-state index in [0.717, 1.165) is 23.7 Å². The Kier molecular flexibility index (Phi) is 5.85. The van der Waals surface area contributed by atoms with Crippen LogP contribution in [0.3, 0.4) is 0 Å². The first-order valence-corrected chi connectivity index (χ1v) is 6.70. The summed E-state index contributed by atoms with van der Waals surface area (Å²) in [6.07, 6.45) is 1.94. The molecule has 0 bridgehead atoms. The smallest absolute Gasteiger partial charge is 0.338 e. The van der Waals surface area contributed by atoms with E-state index in [1.165, 1.54) is 0 Å². The standard InChI is InChI=1S/C12H14BrClO2/c1-2-16-12(15)10-6-5-9(4-3-7-13)11(14)8-10/h5-6,8H,2-4,7H2,1H3. The third kappa shape index (κ3) is 3.80. The van der Waals surface area contributed by atoms with Gasteiger partial charge in [0.15, 0.2) is 0 Å². The van der Waals surface area contributed by atoms with Crippen LogP contribution in [-0.4, -0.2) is 17.9 Å². The van der Waals surface area contributed by atoms with Gasteiger partial charge < -0.3 is 4.74 Å². The van der Waals surface area contributed by atoms with Gasteiger partial charge in [-0.3, -0.25) is 0 Å². The molecule has 0 spiro atoms. The Hall–Kier alpha value is -0.540. The highest BCUT2D eigenvalue weighted by molar-refractivity contribution is 9.09.